The number of thiazole rings is 1. The molecule has 1 fully saturated rings. The van der Waals surface area contributed by atoms with E-state index in [-0.39, 0.29) is 6.03 Å². The van der Waals surface area contributed by atoms with Crippen LogP contribution >= 0.6 is 11.3 Å². The molecule has 3 aromatic rings. The third-order valence-corrected chi connectivity index (χ3v) is 5.82. The van der Waals surface area contributed by atoms with Crippen molar-refractivity contribution < 1.29 is 9.18 Å². The number of aromatic nitrogens is 4. The Balaban J connectivity index is 1.37. The molecule has 138 valence electrons. The van der Waals surface area contributed by atoms with E-state index in [0.717, 1.165) is 27.1 Å². The summed E-state index contributed by atoms with van der Waals surface area (Å²) in [4.78, 5) is 24.9. The molecule has 0 aliphatic carbocycles. The molecule has 3 aromatic heterocycles. The Kier molecular flexibility index (Phi) is 3.71. The van der Waals surface area contributed by atoms with Crippen molar-refractivity contribution in [3.05, 3.63) is 41.3 Å². The van der Waals surface area contributed by atoms with Crippen LogP contribution in [0.1, 0.15) is 17.1 Å². The van der Waals surface area contributed by atoms with Gasteiger partial charge in [0.15, 0.2) is 0 Å². The number of alkyl halides is 1. The first-order valence-electron chi connectivity index (χ1n) is 8.77. The number of hydrogen-bond acceptors (Lipinski definition) is 6. The molecule has 0 radical (unpaired) electrons. The minimum absolute atomic E-state index is 0.171. The molecule has 0 spiro atoms. The Labute approximate surface area is 159 Å². The third-order valence-electron chi connectivity index (χ3n) is 4.89. The fourth-order valence-corrected chi connectivity index (χ4v) is 4.25. The highest BCUT2D eigenvalue weighted by atomic mass is 32.1. The number of hydrogen-bond donors (Lipinski definition) is 0. The van der Waals surface area contributed by atoms with Gasteiger partial charge in [-0.05, 0) is 31.5 Å². The molecule has 7 nitrogen and oxygen atoms in total. The fourth-order valence-electron chi connectivity index (χ4n) is 3.48. The normalized spacial score (nSPS) is 19.2. The summed E-state index contributed by atoms with van der Waals surface area (Å²) in [5.41, 5.74) is 2.39. The number of halogens is 1. The quantitative estimate of drug-likeness (QED) is 0.693. The van der Waals surface area contributed by atoms with Crippen LogP contribution < -0.4 is 9.80 Å². The van der Waals surface area contributed by atoms with E-state index >= 15 is 0 Å². The molecule has 27 heavy (non-hydrogen) atoms. The molecule has 0 bridgehead atoms. The van der Waals surface area contributed by atoms with Gasteiger partial charge >= 0.3 is 6.03 Å². The average molecular weight is 384 g/mol. The lowest BCUT2D eigenvalue weighted by Crippen LogP contribution is -2.25. The van der Waals surface area contributed by atoms with Crippen molar-refractivity contribution >= 4 is 28.2 Å². The number of nitrogens with zero attached hydrogens (tertiary/aromatic N) is 6. The zero-order valence-corrected chi connectivity index (χ0v) is 15.5. The van der Waals surface area contributed by atoms with Crippen molar-refractivity contribution in [1.82, 2.24) is 19.7 Å². The summed E-state index contributed by atoms with van der Waals surface area (Å²) in [5.74, 6) is 0.772. The standard InChI is InChI=1S/C18H17FN6OS/c1-11-20-8-17(27-11)24-10-14-6-15(22-25(14)18(24)26)12-2-3-16(21-7-12)23-5-4-13(19)9-23/h2-3,6-8,13H,4-5,9-10H2,1H3. The second-order valence-corrected chi connectivity index (χ2v) is 7.97. The topological polar surface area (TPSA) is 67.2 Å². The summed E-state index contributed by atoms with van der Waals surface area (Å²) in [7, 11) is 0. The van der Waals surface area contributed by atoms with E-state index in [1.54, 1.807) is 17.3 Å². The summed E-state index contributed by atoms with van der Waals surface area (Å²) in [6.07, 6.45) is 3.22. The zero-order chi connectivity index (χ0) is 18.5. The summed E-state index contributed by atoms with van der Waals surface area (Å²) >= 11 is 1.49. The maximum absolute atomic E-state index is 13.4. The number of pyridine rings is 1. The van der Waals surface area contributed by atoms with Crippen LogP contribution in [0.15, 0.2) is 30.6 Å². The minimum atomic E-state index is -0.779. The van der Waals surface area contributed by atoms with E-state index in [0.29, 0.717) is 31.7 Å². The summed E-state index contributed by atoms with van der Waals surface area (Å²) in [5, 5.41) is 6.21. The molecule has 1 unspecified atom stereocenters. The predicted molar refractivity (Wildman–Crippen MR) is 101 cm³/mol. The van der Waals surface area contributed by atoms with Crippen molar-refractivity contribution in [2.45, 2.75) is 26.1 Å². The lowest BCUT2D eigenvalue weighted by molar-refractivity contribution is 0.248. The molecular weight excluding hydrogens is 367 g/mol. The summed E-state index contributed by atoms with van der Waals surface area (Å²) in [6, 6.07) is 5.54. The number of carbonyl (C=O) groups excluding carboxylic acids is 1. The number of rotatable bonds is 3. The van der Waals surface area contributed by atoms with E-state index in [9.17, 15) is 9.18 Å². The van der Waals surface area contributed by atoms with Crippen LogP contribution in [0.3, 0.4) is 0 Å². The van der Waals surface area contributed by atoms with Gasteiger partial charge in [0.25, 0.3) is 0 Å². The van der Waals surface area contributed by atoms with Gasteiger partial charge in [0.05, 0.1) is 35.7 Å². The Morgan fingerprint density at radius 1 is 1.26 bits per heavy atom. The highest BCUT2D eigenvalue weighted by Crippen LogP contribution is 2.31. The van der Waals surface area contributed by atoms with Gasteiger partial charge < -0.3 is 4.90 Å². The van der Waals surface area contributed by atoms with Crippen LogP contribution in [0.4, 0.5) is 20.0 Å². The lowest BCUT2D eigenvalue weighted by atomic mass is 10.2. The molecule has 0 saturated carbocycles. The van der Waals surface area contributed by atoms with Gasteiger partial charge in [-0.1, -0.05) is 0 Å². The van der Waals surface area contributed by atoms with Crippen LogP contribution in [-0.4, -0.2) is 45.0 Å². The molecule has 1 saturated heterocycles. The van der Waals surface area contributed by atoms with Gasteiger partial charge in [0, 0.05) is 18.3 Å². The molecule has 9 heteroatoms. The zero-order valence-electron chi connectivity index (χ0n) is 14.7. The number of amides is 1. The Bertz CT molecular complexity index is 1010. The summed E-state index contributed by atoms with van der Waals surface area (Å²) in [6.45, 7) is 3.47. The van der Waals surface area contributed by atoms with E-state index in [4.69, 9.17) is 0 Å². The van der Waals surface area contributed by atoms with E-state index in [1.807, 2.05) is 30.0 Å². The van der Waals surface area contributed by atoms with E-state index in [1.165, 1.54) is 16.0 Å². The summed E-state index contributed by atoms with van der Waals surface area (Å²) < 4.78 is 14.8. The van der Waals surface area contributed by atoms with Crippen molar-refractivity contribution in [2.75, 3.05) is 22.9 Å². The van der Waals surface area contributed by atoms with Crippen LogP contribution in [-0.2, 0) is 6.54 Å². The predicted octanol–water partition coefficient (Wildman–Crippen LogP) is 3.25. The van der Waals surface area contributed by atoms with Crippen molar-refractivity contribution in [1.29, 1.82) is 0 Å². The minimum Gasteiger partial charge on any atom is -0.354 e. The first kappa shape index (κ1) is 16.4. The van der Waals surface area contributed by atoms with Crippen LogP contribution in [0.5, 0.6) is 0 Å². The molecule has 5 rings (SSSR count). The number of aryl methyl sites for hydroxylation is 1. The number of fused-ring (bicyclic) bond motifs is 1. The molecule has 2 aliphatic heterocycles. The van der Waals surface area contributed by atoms with Crippen molar-refractivity contribution in [3.63, 3.8) is 0 Å². The molecule has 1 atom stereocenters. The highest BCUT2D eigenvalue weighted by Gasteiger charge is 2.31. The second kappa shape index (κ2) is 6.12. The Morgan fingerprint density at radius 2 is 2.15 bits per heavy atom. The fraction of sp³-hybridized carbons (Fsp3) is 0.333. The highest BCUT2D eigenvalue weighted by molar-refractivity contribution is 7.15. The Hall–Kier alpha value is -2.81. The third kappa shape index (κ3) is 2.78. The van der Waals surface area contributed by atoms with Gasteiger partial charge in [-0.15, -0.1) is 11.3 Å². The smallest absolute Gasteiger partial charge is 0.350 e. The van der Waals surface area contributed by atoms with Gasteiger partial charge in [-0.25, -0.2) is 19.2 Å². The number of anilines is 2. The molecule has 1 amide bonds. The van der Waals surface area contributed by atoms with Gasteiger partial charge in [0.1, 0.15) is 17.0 Å². The monoisotopic (exact) mass is 384 g/mol. The SMILES string of the molecule is Cc1ncc(N2Cc3cc(-c4ccc(N5CCC(F)C5)nc4)nn3C2=O)s1. The lowest BCUT2D eigenvalue weighted by Gasteiger charge is -2.16. The van der Waals surface area contributed by atoms with Crippen LogP contribution in [0.25, 0.3) is 11.3 Å². The second-order valence-electron chi connectivity index (χ2n) is 6.76. The Morgan fingerprint density at radius 3 is 2.78 bits per heavy atom. The van der Waals surface area contributed by atoms with Gasteiger partial charge in [-0.3, -0.25) is 4.90 Å². The molecule has 5 heterocycles. The first-order valence-corrected chi connectivity index (χ1v) is 9.59. The van der Waals surface area contributed by atoms with Crippen LogP contribution in [0, 0.1) is 6.92 Å². The molecular formula is C18H17FN6OS. The van der Waals surface area contributed by atoms with Crippen LogP contribution in [0.2, 0.25) is 0 Å². The van der Waals surface area contributed by atoms with Crippen molar-refractivity contribution in [2.24, 2.45) is 0 Å². The van der Waals surface area contributed by atoms with E-state index in [2.05, 4.69) is 15.1 Å². The maximum Gasteiger partial charge on any atom is 0.350 e. The molecule has 0 N–H and O–H groups in total. The van der Waals surface area contributed by atoms with E-state index < -0.39 is 6.17 Å². The largest absolute Gasteiger partial charge is 0.354 e. The van der Waals surface area contributed by atoms with Gasteiger partial charge in [-0.2, -0.15) is 9.78 Å². The number of carbonyl (C=O) groups is 1. The first-order chi connectivity index (χ1) is 13.1. The molecule has 0 aromatic carbocycles. The molecule has 2 aliphatic rings. The average Bonchev–Trinajstić information content (AvgIpc) is 3.42. The van der Waals surface area contributed by atoms with Gasteiger partial charge in [0.2, 0.25) is 0 Å². The van der Waals surface area contributed by atoms with Crippen molar-refractivity contribution in [3.8, 4) is 11.3 Å². The maximum atomic E-state index is 13.4.